The zero-order valence-electron chi connectivity index (χ0n) is 26.9. The molecule has 0 radical (unpaired) electrons. The van der Waals surface area contributed by atoms with Crippen molar-refractivity contribution >= 4 is 55.4 Å². The summed E-state index contributed by atoms with van der Waals surface area (Å²) in [4.78, 5) is 10.3. The van der Waals surface area contributed by atoms with Gasteiger partial charge in [-0.25, -0.2) is 0 Å². The quantitative estimate of drug-likeness (QED) is 0.184. The SMILES string of the molecule is c1ccc(-c2ccc(C3=NC(c4ccccc4)[N-]C(c4cccc5oc6ccc7c8ccccc8n(-c8ccccc8)c7c6c45)=N3)cc2)cc1. The first-order valence-corrected chi connectivity index (χ1v) is 16.8. The molecule has 0 bridgehead atoms. The maximum Gasteiger partial charge on any atom is 0.137 e. The van der Waals surface area contributed by atoms with Crippen molar-refractivity contribution in [1.29, 1.82) is 0 Å². The van der Waals surface area contributed by atoms with E-state index < -0.39 is 6.17 Å². The van der Waals surface area contributed by atoms with Crippen molar-refractivity contribution in [2.75, 3.05) is 0 Å². The van der Waals surface area contributed by atoms with Crippen LogP contribution in [0.15, 0.2) is 184 Å². The second-order valence-electron chi connectivity index (χ2n) is 12.5. The summed E-state index contributed by atoms with van der Waals surface area (Å²) in [5.41, 5.74) is 10.1. The average molecular weight is 642 g/mol. The van der Waals surface area contributed by atoms with Gasteiger partial charge in [-0.05, 0) is 64.2 Å². The second-order valence-corrected chi connectivity index (χ2v) is 12.5. The lowest BCUT2D eigenvalue weighted by Crippen LogP contribution is -2.16. The van der Waals surface area contributed by atoms with Crippen LogP contribution in [-0.2, 0) is 0 Å². The van der Waals surface area contributed by atoms with Crippen molar-refractivity contribution < 1.29 is 4.42 Å². The van der Waals surface area contributed by atoms with Crippen molar-refractivity contribution in [2.45, 2.75) is 6.17 Å². The highest BCUT2D eigenvalue weighted by molar-refractivity contribution is 6.31. The zero-order chi connectivity index (χ0) is 33.0. The Morgan fingerprint density at radius 3 is 1.98 bits per heavy atom. The summed E-state index contributed by atoms with van der Waals surface area (Å²) in [5, 5.41) is 9.60. The second kappa shape index (κ2) is 11.5. The lowest BCUT2D eigenvalue weighted by Gasteiger charge is -2.32. The van der Waals surface area contributed by atoms with Crippen LogP contribution in [0.1, 0.15) is 22.9 Å². The smallest absolute Gasteiger partial charge is 0.137 e. The number of hydrogen-bond acceptors (Lipinski definition) is 3. The molecular weight excluding hydrogens is 613 g/mol. The normalized spacial score (nSPS) is 14.6. The molecule has 0 fully saturated rings. The molecule has 10 rings (SSSR count). The van der Waals surface area contributed by atoms with E-state index >= 15 is 0 Å². The van der Waals surface area contributed by atoms with Gasteiger partial charge in [-0.3, -0.25) is 4.99 Å². The van der Waals surface area contributed by atoms with Gasteiger partial charge in [-0.15, -0.1) is 0 Å². The number of fused-ring (bicyclic) bond motifs is 7. The van der Waals surface area contributed by atoms with E-state index in [1.54, 1.807) is 0 Å². The molecule has 0 saturated carbocycles. The predicted octanol–water partition coefficient (Wildman–Crippen LogP) is 11.6. The highest BCUT2D eigenvalue weighted by Crippen LogP contribution is 2.43. The van der Waals surface area contributed by atoms with Gasteiger partial charge in [0.05, 0.1) is 28.4 Å². The van der Waals surface area contributed by atoms with E-state index in [9.17, 15) is 0 Å². The minimum absolute atomic E-state index is 0.447. The van der Waals surface area contributed by atoms with E-state index in [1.807, 2.05) is 36.4 Å². The molecule has 5 nitrogen and oxygen atoms in total. The minimum atomic E-state index is -0.447. The molecule has 5 heteroatoms. The Kier molecular flexibility index (Phi) is 6.49. The van der Waals surface area contributed by atoms with Gasteiger partial charge in [0.15, 0.2) is 0 Å². The van der Waals surface area contributed by atoms with E-state index in [0.717, 1.165) is 60.9 Å². The van der Waals surface area contributed by atoms with Gasteiger partial charge in [-0.2, -0.15) is 0 Å². The van der Waals surface area contributed by atoms with Crippen LogP contribution < -0.4 is 0 Å². The Morgan fingerprint density at radius 1 is 0.520 bits per heavy atom. The Hall–Kier alpha value is -6.72. The molecule has 0 spiro atoms. The van der Waals surface area contributed by atoms with Crippen LogP contribution >= 0.6 is 0 Å². The molecule has 0 aliphatic carbocycles. The summed E-state index contributed by atoms with van der Waals surface area (Å²) in [7, 11) is 0. The van der Waals surface area contributed by atoms with Crippen LogP contribution in [0.5, 0.6) is 0 Å². The highest BCUT2D eigenvalue weighted by atomic mass is 16.3. The molecule has 0 amide bonds. The number of rotatable bonds is 5. The third-order valence-corrected chi connectivity index (χ3v) is 9.60. The third kappa shape index (κ3) is 4.55. The summed E-state index contributed by atoms with van der Waals surface area (Å²) in [6, 6.07) is 58.7. The molecule has 1 aliphatic rings. The lowest BCUT2D eigenvalue weighted by molar-refractivity contribution is 0.669. The predicted molar refractivity (Wildman–Crippen MR) is 206 cm³/mol. The fourth-order valence-corrected chi connectivity index (χ4v) is 7.29. The first kappa shape index (κ1) is 28.3. The number of hydrogen-bond donors (Lipinski definition) is 0. The molecule has 2 aromatic heterocycles. The number of para-hydroxylation sites is 2. The lowest BCUT2D eigenvalue weighted by atomic mass is 10.0. The maximum atomic E-state index is 6.62. The first-order valence-electron chi connectivity index (χ1n) is 16.8. The van der Waals surface area contributed by atoms with Gasteiger partial charge in [-0.1, -0.05) is 139 Å². The number of aliphatic imine (C=N–C) groups is 2. The monoisotopic (exact) mass is 641 g/mol. The summed E-state index contributed by atoms with van der Waals surface area (Å²) in [6.45, 7) is 0. The molecule has 9 aromatic rings. The fourth-order valence-electron chi connectivity index (χ4n) is 7.29. The van der Waals surface area contributed by atoms with E-state index in [2.05, 4.69) is 138 Å². The Morgan fingerprint density at radius 2 is 1.18 bits per heavy atom. The molecule has 236 valence electrons. The largest absolute Gasteiger partial charge is 0.456 e. The molecule has 3 heterocycles. The van der Waals surface area contributed by atoms with Gasteiger partial charge in [0, 0.05) is 21.8 Å². The number of amidine groups is 2. The third-order valence-electron chi connectivity index (χ3n) is 9.60. The van der Waals surface area contributed by atoms with E-state index in [-0.39, 0.29) is 0 Å². The van der Waals surface area contributed by atoms with Crippen LogP contribution in [0.4, 0.5) is 0 Å². The van der Waals surface area contributed by atoms with Crippen molar-refractivity contribution in [2.24, 2.45) is 9.98 Å². The Balaban J connectivity index is 1.21. The summed E-state index contributed by atoms with van der Waals surface area (Å²) < 4.78 is 8.97. The van der Waals surface area contributed by atoms with Gasteiger partial charge in [0.1, 0.15) is 11.2 Å². The highest BCUT2D eigenvalue weighted by Gasteiger charge is 2.22. The molecular formula is C45H29N4O-. The van der Waals surface area contributed by atoms with Gasteiger partial charge in [0.25, 0.3) is 0 Å². The van der Waals surface area contributed by atoms with Crippen LogP contribution in [0.2, 0.25) is 0 Å². The van der Waals surface area contributed by atoms with Crippen molar-refractivity contribution in [1.82, 2.24) is 4.57 Å². The van der Waals surface area contributed by atoms with Crippen molar-refractivity contribution in [3.8, 4) is 16.8 Å². The van der Waals surface area contributed by atoms with Gasteiger partial charge < -0.3 is 19.3 Å². The molecule has 50 heavy (non-hydrogen) atoms. The van der Waals surface area contributed by atoms with E-state index in [4.69, 9.17) is 19.7 Å². The van der Waals surface area contributed by atoms with Crippen molar-refractivity contribution in [3.63, 3.8) is 0 Å². The molecule has 0 N–H and O–H groups in total. The fraction of sp³-hybridized carbons (Fsp3) is 0.0222. The number of furan rings is 1. The van der Waals surface area contributed by atoms with Gasteiger partial charge in [0.2, 0.25) is 0 Å². The summed E-state index contributed by atoms with van der Waals surface area (Å²) >= 11 is 0. The Bertz CT molecular complexity index is 2760. The zero-order valence-corrected chi connectivity index (χ0v) is 26.9. The molecule has 1 aliphatic heterocycles. The number of benzene rings is 7. The van der Waals surface area contributed by atoms with Crippen LogP contribution in [0.3, 0.4) is 0 Å². The maximum absolute atomic E-state index is 6.62. The van der Waals surface area contributed by atoms with E-state index in [0.29, 0.717) is 11.7 Å². The van der Waals surface area contributed by atoms with E-state index in [1.165, 1.54) is 16.3 Å². The van der Waals surface area contributed by atoms with Crippen molar-refractivity contribution in [3.05, 3.63) is 192 Å². The average Bonchev–Trinajstić information content (AvgIpc) is 3.75. The molecule has 1 atom stereocenters. The summed E-state index contributed by atoms with van der Waals surface area (Å²) in [5.74, 6) is 1.28. The topological polar surface area (TPSA) is 56.9 Å². The minimum Gasteiger partial charge on any atom is -0.456 e. The van der Waals surface area contributed by atoms with Crippen LogP contribution in [0.25, 0.3) is 65.9 Å². The molecule has 1 unspecified atom stereocenters. The molecule has 0 saturated heterocycles. The summed E-state index contributed by atoms with van der Waals surface area (Å²) in [6.07, 6.45) is -0.447. The van der Waals surface area contributed by atoms with Crippen LogP contribution in [-0.4, -0.2) is 16.2 Å². The number of aromatic nitrogens is 1. The van der Waals surface area contributed by atoms with Crippen LogP contribution in [0, 0.1) is 0 Å². The standard InChI is InChI=1S/C45H29N4O/c1-4-13-29(14-5-1)30-23-25-32(26-24-30)44-46-43(31-15-6-2-7-16-31)47-45(48-44)36-20-12-22-38-40(36)41-39(50-38)28-27-35-34-19-10-11-21-37(34)49(42(35)41)33-17-8-3-9-18-33/h1-28,43H/q-1. The first-order chi connectivity index (χ1) is 24.8. The number of nitrogens with zero attached hydrogens (tertiary/aromatic N) is 4. The Labute approximate surface area is 288 Å². The molecule has 7 aromatic carbocycles. The van der Waals surface area contributed by atoms with Gasteiger partial charge >= 0.3 is 0 Å².